The molecule has 2 rings (SSSR count). The van der Waals surface area contributed by atoms with E-state index in [1.807, 2.05) is 0 Å². The van der Waals surface area contributed by atoms with Crippen molar-refractivity contribution >= 4 is 11.8 Å². The van der Waals surface area contributed by atoms with Gasteiger partial charge in [-0.15, -0.1) is 0 Å². The standard InChI is InChI=1S/C15H19FN2O3/c1-10(17-11(2)19)15(20)18-7-8-21-14(9-18)12-3-5-13(16)6-4-12/h3-6,10,14H,7-9H2,1-2H3,(H,17,19). The van der Waals surface area contributed by atoms with Crippen LogP contribution in [0.2, 0.25) is 0 Å². The molecule has 6 heteroatoms. The first kappa shape index (κ1) is 15.4. The Balaban J connectivity index is 2.01. The number of nitrogens with one attached hydrogen (secondary N) is 1. The third-order valence-electron chi connectivity index (χ3n) is 3.41. The summed E-state index contributed by atoms with van der Waals surface area (Å²) in [5, 5.41) is 2.58. The van der Waals surface area contributed by atoms with E-state index in [2.05, 4.69) is 5.32 Å². The number of ether oxygens (including phenoxy) is 1. The number of nitrogens with zero attached hydrogens (tertiary/aromatic N) is 1. The molecular weight excluding hydrogens is 275 g/mol. The van der Waals surface area contributed by atoms with Crippen molar-refractivity contribution in [1.29, 1.82) is 0 Å². The van der Waals surface area contributed by atoms with Gasteiger partial charge in [0.15, 0.2) is 0 Å². The van der Waals surface area contributed by atoms with Gasteiger partial charge in [0.1, 0.15) is 18.0 Å². The molecule has 1 fully saturated rings. The summed E-state index contributed by atoms with van der Waals surface area (Å²) in [7, 11) is 0. The van der Waals surface area contributed by atoms with Gasteiger partial charge in [-0.1, -0.05) is 12.1 Å². The van der Waals surface area contributed by atoms with Gasteiger partial charge in [0.05, 0.1) is 13.2 Å². The number of morpholine rings is 1. The topological polar surface area (TPSA) is 58.6 Å². The average Bonchev–Trinajstić information content (AvgIpc) is 2.46. The third kappa shape index (κ3) is 4.01. The van der Waals surface area contributed by atoms with Gasteiger partial charge in [0.25, 0.3) is 0 Å². The van der Waals surface area contributed by atoms with E-state index in [4.69, 9.17) is 4.74 Å². The fourth-order valence-corrected chi connectivity index (χ4v) is 2.37. The van der Waals surface area contributed by atoms with Crippen molar-refractivity contribution in [2.24, 2.45) is 0 Å². The van der Waals surface area contributed by atoms with Crippen molar-refractivity contribution in [3.8, 4) is 0 Å². The molecule has 1 N–H and O–H groups in total. The van der Waals surface area contributed by atoms with Crippen molar-refractivity contribution < 1.29 is 18.7 Å². The van der Waals surface area contributed by atoms with E-state index in [0.717, 1.165) is 5.56 Å². The molecule has 5 nitrogen and oxygen atoms in total. The normalized spacial score (nSPS) is 20.0. The second-order valence-corrected chi connectivity index (χ2v) is 5.12. The molecule has 114 valence electrons. The van der Waals surface area contributed by atoms with E-state index in [1.165, 1.54) is 19.1 Å². The maximum absolute atomic E-state index is 12.9. The average molecular weight is 294 g/mol. The van der Waals surface area contributed by atoms with E-state index in [-0.39, 0.29) is 23.7 Å². The molecule has 1 saturated heterocycles. The number of carbonyl (C=O) groups is 2. The van der Waals surface area contributed by atoms with Crippen LogP contribution in [0.15, 0.2) is 24.3 Å². The first-order valence-corrected chi connectivity index (χ1v) is 6.90. The molecular formula is C15H19FN2O3. The zero-order valence-corrected chi connectivity index (χ0v) is 12.1. The Morgan fingerprint density at radius 3 is 2.67 bits per heavy atom. The Bertz CT molecular complexity index is 518. The summed E-state index contributed by atoms with van der Waals surface area (Å²) >= 11 is 0. The zero-order valence-electron chi connectivity index (χ0n) is 12.1. The molecule has 21 heavy (non-hydrogen) atoms. The molecule has 1 aliphatic heterocycles. The summed E-state index contributed by atoms with van der Waals surface area (Å²) < 4.78 is 18.6. The van der Waals surface area contributed by atoms with Crippen LogP contribution < -0.4 is 5.32 Å². The molecule has 0 bridgehead atoms. The highest BCUT2D eigenvalue weighted by Crippen LogP contribution is 2.22. The van der Waals surface area contributed by atoms with Crippen molar-refractivity contribution in [3.63, 3.8) is 0 Å². The second-order valence-electron chi connectivity index (χ2n) is 5.12. The van der Waals surface area contributed by atoms with Crippen molar-refractivity contribution in [2.75, 3.05) is 19.7 Å². The molecule has 2 amide bonds. The summed E-state index contributed by atoms with van der Waals surface area (Å²) in [4.78, 5) is 24.9. The summed E-state index contributed by atoms with van der Waals surface area (Å²) in [6.07, 6.45) is -0.271. The predicted octanol–water partition coefficient (Wildman–Crippen LogP) is 1.25. The van der Waals surface area contributed by atoms with Gasteiger partial charge in [-0.2, -0.15) is 0 Å². The van der Waals surface area contributed by atoms with Crippen LogP contribution in [-0.2, 0) is 14.3 Å². The molecule has 2 atom stereocenters. The van der Waals surface area contributed by atoms with Gasteiger partial charge in [-0.25, -0.2) is 4.39 Å². The maximum Gasteiger partial charge on any atom is 0.245 e. The highest BCUT2D eigenvalue weighted by Gasteiger charge is 2.28. The van der Waals surface area contributed by atoms with Crippen LogP contribution in [0.3, 0.4) is 0 Å². The Hall–Kier alpha value is -1.95. The van der Waals surface area contributed by atoms with E-state index >= 15 is 0 Å². The number of carbonyl (C=O) groups excluding carboxylic acids is 2. The zero-order chi connectivity index (χ0) is 15.4. The summed E-state index contributed by atoms with van der Waals surface area (Å²) in [5.74, 6) is -0.679. The first-order valence-electron chi connectivity index (χ1n) is 6.90. The number of halogens is 1. The van der Waals surface area contributed by atoms with Gasteiger partial charge in [-0.3, -0.25) is 9.59 Å². The Labute approximate surface area is 123 Å². The SMILES string of the molecule is CC(=O)NC(C)C(=O)N1CCOC(c2ccc(F)cc2)C1. The minimum absolute atomic E-state index is 0.138. The van der Waals surface area contributed by atoms with Gasteiger partial charge < -0.3 is 15.0 Å². The van der Waals surface area contributed by atoms with Crippen LogP contribution in [-0.4, -0.2) is 42.5 Å². The number of amides is 2. The van der Waals surface area contributed by atoms with Crippen molar-refractivity contribution in [1.82, 2.24) is 10.2 Å². The van der Waals surface area contributed by atoms with Crippen molar-refractivity contribution in [2.45, 2.75) is 26.0 Å². The number of hydrogen-bond donors (Lipinski definition) is 1. The summed E-state index contributed by atoms with van der Waals surface area (Å²) in [6.45, 7) is 4.34. The molecule has 0 saturated carbocycles. The Morgan fingerprint density at radius 1 is 1.38 bits per heavy atom. The molecule has 2 unspecified atom stereocenters. The van der Waals surface area contributed by atoms with Gasteiger partial charge in [0, 0.05) is 13.5 Å². The van der Waals surface area contributed by atoms with Crippen LogP contribution in [0.5, 0.6) is 0 Å². The molecule has 1 heterocycles. The molecule has 0 aliphatic carbocycles. The Kier molecular flexibility index (Phi) is 4.90. The lowest BCUT2D eigenvalue weighted by molar-refractivity contribution is -0.142. The molecule has 0 spiro atoms. The molecule has 0 radical (unpaired) electrons. The lowest BCUT2D eigenvalue weighted by Crippen LogP contribution is -2.50. The van der Waals surface area contributed by atoms with E-state index in [9.17, 15) is 14.0 Å². The van der Waals surface area contributed by atoms with Gasteiger partial charge in [-0.05, 0) is 24.6 Å². The van der Waals surface area contributed by atoms with Gasteiger partial charge >= 0.3 is 0 Å². The quantitative estimate of drug-likeness (QED) is 0.913. The van der Waals surface area contributed by atoms with E-state index < -0.39 is 6.04 Å². The summed E-state index contributed by atoms with van der Waals surface area (Å²) in [5.41, 5.74) is 0.834. The minimum Gasteiger partial charge on any atom is -0.370 e. The smallest absolute Gasteiger partial charge is 0.245 e. The van der Waals surface area contributed by atoms with Crippen LogP contribution in [0.4, 0.5) is 4.39 Å². The van der Waals surface area contributed by atoms with Gasteiger partial charge in [0.2, 0.25) is 11.8 Å². The number of benzene rings is 1. The molecule has 0 aromatic heterocycles. The number of rotatable bonds is 3. The highest BCUT2D eigenvalue weighted by atomic mass is 19.1. The third-order valence-corrected chi connectivity index (χ3v) is 3.41. The highest BCUT2D eigenvalue weighted by molar-refractivity contribution is 5.86. The number of hydrogen-bond acceptors (Lipinski definition) is 3. The molecule has 1 aromatic carbocycles. The summed E-state index contributed by atoms with van der Waals surface area (Å²) in [6, 6.07) is 5.50. The second kappa shape index (κ2) is 6.67. The van der Waals surface area contributed by atoms with Crippen LogP contribution in [0, 0.1) is 5.82 Å². The fraction of sp³-hybridized carbons (Fsp3) is 0.467. The lowest BCUT2D eigenvalue weighted by atomic mass is 10.1. The largest absolute Gasteiger partial charge is 0.370 e. The van der Waals surface area contributed by atoms with Crippen LogP contribution in [0.1, 0.15) is 25.5 Å². The maximum atomic E-state index is 12.9. The predicted molar refractivity (Wildman–Crippen MR) is 75.0 cm³/mol. The lowest BCUT2D eigenvalue weighted by Gasteiger charge is -2.34. The van der Waals surface area contributed by atoms with E-state index in [1.54, 1.807) is 24.0 Å². The fourth-order valence-electron chi connectivity index (χ4n) is 2.37. The monoisotopic (exact) mass is 294 g/mol. The molecule has 1 aliphatic rings. The minimum atomic E-state index is -0.561. The first-order chi connectivity index (χ1) is 9.97. The van der Waals surface area contributed by atoms with Crippen LogP contribution in [0.25, 0.3) is 0 Å². The van der Waals surface area contributed by atoms with Crippen LogP contribution >= 0.6 is 0 Å². The molecule has 1 aromatic rings. The van der Waals surface area contributed by atoms with E-state index in [0.29, 0.717) is 19.7 Å². The van der Waals surface area contributed by atoms with Crippen molar-refractivity contribution in [3.05, 3.63) is 35.6 Å². The Morgan fingerprint density at radius 2 is 2.05 bits per heavy atom.